The van der Waals surface area contributed by atoms with Crippen LogP contribution in [0.15, 0.2) is 65.0 Å². The lowest BCUT2D eigenvalue weighted by Gasteiger charge is -2.35. The van der Waals surface area contributed by atoms with E-state index in [-0.39, 0.29) is 12.4 Å². The molecule has 0 amide bonds. The monoisotopic (exact) mass is 463 g/mol. The number of carbonyl (C=O) groups excluding carboxylic acids is 2. The van der Waals surface area contributed by atoms with E-state index in [2.05, 4.69) is 5.32 Å². The summed E-state index contributed by atoms with van der Waals surface area (Å²) in [5.74, 6) is 0.190. The molecule has 0 aromatic heterocycles. The molecule has 1 atom stereocenters. The second-order valence-corrected chi connectivity index (χ2v) is 8.25. The van der Waals surface area contributed by atoms with Crippen molar-refractivity contribution < 1.29 is 28.5 Å². The summed E-state index contributed by atoms with van der Waals surface area (Å²) in [6.07, 6.45) is 1.93. The van der Waals surface area contributed by atoms with Gasteiger partial charge in [0.2, 0.25) is 5.75 Å². The first kappa shape index (κ1) is 23.4. The average molecular weight is 464 g/mol. The van der Waals surface area contributed by atoms with Gasteiger partial charge < -0.3 is 24.3 Å². The van der Waals surface area contributed by atoms with Gasteiger partial charge in [-0.1, -0.05) is 36.4 Å². The Labute approximate surface area is 199 Å². The summed E-state index contributed by atoms with van der Waals surface area (Å²) in [4.78, 5) is 26.6. The lowest BCUT2D eigenvalue weighted by molar-refractivity contribution is -0.140. The van der Waals surface area contributed by atoms with Gasteiger partial charge in [-0.15, -0.1) is 0 Å². The van der Waals surface area contributed by atoms with E-state index >= 15 is 0 Å². The van der Waals surface area contributed by atoms with Crippen LogP contribution in [0.3, 0.4) is 0 Å². The molecule has 4 rings (SSSR count). The van der Waals surface area contributed by atoms with Crippen LogP contribution >= 0.6 is 0 Å². The van der Waals surface area contributed by atoms with E-state index in [9.17, 15) is 9.59 Å². The van der Waals surface area contributed by atoms with Gasteiger partial charge in [0.15, 0.2) is 17.3 Å². The Morgan fingerprint density at radius 1 is 0.971 bits per heavy atom. The Hall–Kier alpha value is -3.74. The first-order valence-electron chi connectivity index (χ1n) is 11.2. The number of hydrogen-bond donors (Lipinski definition) is 1. The van der Waals surface area contributed by atoms with Gasteiger partial charge >= 0.3 is 5.97 Å². The second kappa shape index (κ2) is 10.0. The van der Waals surface area contributed by atoms with Crippen molar-refractivity contribution in [3.63, 3.8) is 0 Å². The quantitative estimate of drug-likeness (QED) is 0.609. The lowest BCUT2D eigenvalue weighted by atomic mass is 9.75. The van der Waals surface area contributed by atoms with Crippen molar-refractivity contribution >= 4 is 11.8 Å². The highest BCUT2D eigenvalue weighted by Gasteiger charge is 2.41. The fourth-order valence-electron chi connectivity index (χ4n) is 4.72. The predicted molar refractivity (Wildman–Crippen MR) is 127 cm³/mol. The summed E-state index contributed by atoms with van der Waals surface area (Å²) >= 11 is 0. The van der Waals surface area contributed by atoms with Gasteiger partial charge in [-0.25, -0.2) is 4.79 Å². The number of dihydropyridines is 1. The standard InChI is InChI=1S/C27H29NO6/c1-16-22(27(30)34-15-17-9-6-5-7-10-17)23(24-19(28-16)11-8-12-20(24)29)18-13-14-21(31-2)26(33-4)25(18)32-3/h5-7,9-10,13-14,23,28H,8,11-12,15H2,1-4H3. The van der Waals surface area contributed by atoms with Crippen LogP contribution in [0.5, 0.6) is 17.2 Å². The SMILES string of the molecule is COc1ccc(C2C(C(=O)OCc3ccccc3)=C(C)NC3=C2C(=O)CCC3)c(OC)c1OC. The highest BCUT2D eigenvalue weighted by molar-refractivity contribution is 6.04. The lowest BCUT2D eigenvalue weighted by Crippen LogP contribution is -2.34. The summed E-state index contributed by atoms with van der Waals surface area (Å²) in [7, 11) is 4.60. The fraction of sp³-hybridized carbons (Fsp3) is 0.333. The minimum Gasteiger partial charge on any atom is -0.493 e. The van der Waals surface area contributed by atoms with Crippen LogP contribution in [0.4, 0.5) is 0 Å². The topological polar surface area (TPSA) is 83.1 Å². The number of rotatable bonds is 7. The zero-order valence-corrected chi connectivity index (χ0v) is 19.9. The molecule has 1 N–H and O–H groups in total. The van der Waals surface area contributed by atoms with Crippen LogP contribution in [0.1, 0.15) is 43.2 Å². The molecule has 0 saturated carbocycles. The molecule has 1 unspecified atom stereocenters. The third-order valence-electron chi connectivity index (χ3n) is 6.25. The van der Waals surface area contributed by atoms with Gasteiger partial charge in [-0.2, -0.15) is 0 Å². The number of esters is 1. The van der Waals surface area contributed by atoms with Gasteiger partial charge in [-0.05, 0) is 31.4 Å². The number of methoxy groups -OCH3 is 3. The van der Waals surface area contributed by atoms with E-state index in [1.54, 1.807) is 13.2 Å². The zero-order valence-electron chi connectivity index (χ0n) is 19.9. The largest absolute Gasteiger partial charge is 0.493 e. The summed E-state index contributed by atoms with van der Waals surface area (Å²) in [6, 6.07) is 13.1. The van der Waals surface area contributed by atoms with E-state index in [1.807, 2.05) is 43.3 Å². The number of carbonyl (C=O) groups is 2. The number of ketones is 1. The van der Waals surface area contributed by atoms with Gasteiger partial charge in [-0.3, -0.25) is 4.79 Å². The van der Waals surface area contributed by atoms with Crippen molar-refractivity contribution in [2.24, 2.45) is 0 Å². The molecule has 34 heavy (non-hydrogen) atoms. The molecule has 0 spiro atoms. The molecular formula is C27H29NO6. The summed E-state index contributed by atoms with van der Waals surface area (Å²) in [5, 5.41) is 3.31. The van der Waals surface area contributed by atoms with Crippen LogP contribution in [-0.4, -0.2) is 33.1 Å². The molecule has 7 heteroatoms. The molecule has 178 valence electrons. The van der Waals surface area contributed by atoms with Crippen LogP contribution in [-0.2, 0) is 20.9 Å². The number of hydrogen-bond acceptors (Lipinski definition) is 7. The van der Waals surface area contributed by atoms with Crippen LogP contribution < -0.4 is 19.5 Å². The molecule has 1 aliphatic carbocycles. The van der Waals surface area contributed by atoms with E-state index < -0.39 is 11.9 Å². The van der Waals surface area contributed by atoms with Crippen LogP contribution in [0, 0.1) is 0 Å². The highest BCUT2D eigenvalue weighted by atomic mass is 16.5. The maximum Gasteiger partial charge on any atom is 0.337 e. The van der Waals surface area contributed by atoms with Crippen molar-refractivity contribution in [1.29, 1.82) is 0 Å². The predicted octanol–water partition coefficient (Wildman–Crippen LogP) is 4.42. The molecule has 2 aliphatic rings. The molecule has 2 aromatic carbocycles. The number of ether oxygens (including phenoxy) is 4. The normalized spacial score (nSPS) is 17.6. The third kappa shape index (κ3) is 4.25. The Balaban J connectivity index is 1.83. The van der Waals surface area contributed by atoms with Crippen molar-refractivity contribution in [3.8, 4) is 17.2 Å². The maximum atomic E-state index is 13.5. The molecule has 2 aromatic rings. The van der Waals surface area contributed by atoms with Gasteiger partial charge in [0.05, 0.1) is 32.8 Å². The molecule has 1 heterocycles. The van der Waals surface area contributed by atoms with Gasteiger partial charge in [0.1, 0.15) is 6.61 Å². The zero-order chi connectivity index (χ0) is 24.2. The van der Waals surface area contributed by atoms with E-state index in [0.29, 0.717) is 46.1 Å². The number of allylic oxidation sites excluding steroid dienone is 3. The molecular weight excluding hydrogens is 434 g/mol. The van der Waals surface area contributed by atoms with Crippen molar-refractivity contribution in [2.75, 3.05) is 21.3 Å². The summed E-state index contributed by atoms with van der Waals surface area (Å²) < 4.78 is 22.5. The fourth-order valence-corrected chi connectivity index (χ4v) is 4.72. The van der Waals surface area contributed by atoms with Crippen LogP contribution in [0.25, 0.3) is 0 Å². The van der Waals surface area contributed by atoms with E-state index in [1.165, 1.54) is 14.2 Å². The summed E-state index contributed by atoms with van der Waals surface area (Å²) in [6.45, 7) is 1.97. The Morgan fingerprint density at radius 2 is 1.71 bits per heavy atom. The molecule has 0 radical (unpaired) electrons. The molecule has 1 aliphatic heterocycles. The first-order chi connectivity index (χ1) is 16.5. The Morgan fingerprint density at radius 3 is 2.38 bits per heavy atom. The average Bonchev–Trinajstić information content (AvgIpc) is 2.86. The number of Topliss-reactive ketones (excluding diaryl/α,β-unsaturated/α-hetero) is 1. The van der Waals surface area contributed by atoms with Crippen molar-refractivity contribution in [3.05, 3.63) is 76.1 Å². The molecule has 7 nitrogen and oxygen atoms in total. The first-order valence-corrected chi connectivity index (χ1v) is 11.2. The van der Waals surface area contributed by atoms with Crippen molar-refractivity contribution in [2.45, 2.75) is 38.7 Å². The minimum absolute atomic E-state index is 0.0106. The third-order valence-corrected chi connectivity index (χ3v) is 6.25. The Bertz CT molecular complexity index is 1170. The van der Waals surface area contributed by atoms with E-state index in [4.69, 9.17) is 18.9 Å². The highest BCUT2D eigenvalue weighted by Crippen LogP contribution is 2.50. The van der Waals surface area contributed by atoms with E-state index in [0.717, 1.165) is 24.1 Å². The Kier molecular flexibility index (Phi) is 6.91. The van der Waals surface area contributed by atoms with Crippen LogP contribution in [0.2, 0.25) is 0 Å². The smallest absolute Gasteiger partial charge is 0.337 e. The van der Waals surface area contributed by atoms with Gasteiger partial charge in [0.25, 0.3) is 0 Å². The second-order valence-electron chi connectivity index (χ2n) is 8.25. The molecule has 0 saturated heterocycles. The van der Waals surface area contributed by atoms with Crippen molar-refractivity contribution in [1.82, 2.24) is 5.32 Å². The maximum absolute atomic E-state index is 13.5. The molecule has 0 fully saturated rings. The number of nitrogens with one attached hydrogen (secondary N) is 1. The number of benzene rings is 2. The van der Waals surface area contributed by atoms with Gasteiger partial charge in [0, 0.05) is 29.0 Å². The summed E-state index contributed by atoms with van der Waals surface area (Å²) in [5.41, 5.74) is 4.00. The molecule has 0 bridgehead atoms. The minimum atomic E-state index is -0.651.